The van der Waals surface area contributed by atoms with Gasteiger partial charge < -0.3 is 20.7 Å². The van der Waals surface area contributed by atoms with Gasteiger partial charge >= 0.3 is 17.9 Å². The molecular formula is C10H9NO6S. The van der Waals surface area contributed by atoms with Crippen molar-refractivity contribution in [2.75, 3.05) is 7.11 Å². The Morgan fingerprint density at radius 1 is 1.28 bits per heavy atom. The van der Waals surface area contributed by atoms with Crippen LogP contribution in [0.4, 0.5) is 0 Å². The molecule has 0 radical (unpaired) electrons. The van der Waals surface area contributed by atoms with Crippen LogP contribution in [0.1, 0.15) is 15.2 Å². The number of ether oxygens (including phenoxy) is 1. The fraction of sp³-hybridized carbons (Fsp3) is 0.100. The minimum atomic E-state index is -1.68. The highest BCUT2D eigenvalue weighted by molar-refractivity contribution is 7.11. The molecule has 0 fully saturated rings. The van der Waals surface area contributed by atoms with E-state index in [1.54, 1.807) is 0 Å². The van der Waals surface area contributed by atoms with E-state index in [1.165, 1.54) is 11.4 Å². The lowest BCUT2D eigenvalue weighted by atomic mass is 10.1. The lowest BCUT2D eigenvalue weighted by molar-refractivity contribution is -0.140. The zero-order valence-corrected chi connectivity index (χ0v) is 9.98. The number of methoxy groups -OCH3 is 1. The summed E-state index contributed by atoms with van der Waals surface area (Å²) in [5.74, 6) is -4.07. The molecule has 0 amide bonds. The zero-order chi connectivity index (χ0) is 13.9. The van der Waals surface area contributed by atoms with E-state index in [2.05, 4.69) is 4.74 Å². The first-order valence-electron chi connectivity index (χ1n) is 4.52. The molecule has 1 aromatic rings. The number of esters is 1. The summed E-state index contributed by atoms with van der Waals surface area (Å²) in [7, 11) is 1.15. The maximum absolute atomic E-state index is 11.4. The van der Waals surface area contributed by atoms with Gasteiger partial charge in [-0.25, -0.2) is 14.4 Å². The quantitative estimate of drug-likeness (QED) is 0.312. The van der Waals surface area contributed by atoms with Crippen LogP contribution in [-0.4, -0.2) is 35.2 Å². The number of hydrogen-bond donors (Lipinski definition) is 3. The Labute approximate surface area is 105 Å². The number of carboxylic acid groups (broad SMARTS) is 2. The van der Waals surface area contributed by atoms with Gasteiger partial charge in [-0.15, -0.1) is 11.3 Å². The van der Waals surface area contributed by atoms with Crippen molar-refractivity contribution in [3.63, 3.8) is 0 Å². The van der Waals surface area contributed by atoms with E-state index < -0.39 is 29.2 Å². The highest BCUT2D eigenvalue weighted by Crippen LogP contribution is 2.25. The third-order valence-corrected chi connectivity index (χ3v) is 2.96. The number of rotatable bonds is 4. The lowest BCUT2D eigenvalue weighted by Gasteiger charge is -2.05. The van der Waals surface area contributed by atoms with Gasteiger partial charge in [0.05, 0.1) is 23.2 Å². The smallest absolute Gasteiger partial charge is 0.345 e. The van der Waals surface area contributed by atoms with E-state index in [0.29, 0.717) is 0 Å². The number of carboxylic acids is 2. The summed E-state index contributed by atoms with van der Waals surface area (Å²) in [4.78, 5) is 33.0. The van der Waals surface area contributed by atoms with E-state index in [-0.39, 0.29) is 10.4 Å². The molecule has 0 aliphatic heterocycles. The summed E-state index contributed by atoms with van der Waals surface area (Å²) < 4.78 is 4.48. The predicted octanol–water partition coefficient (Wildman–Crippen LogP) is 0.374. The van der Waals surface area contributed by atoms with Gasteiger partial charge in [0.2, 0.25) is 0 Å². The molecule has 7 nitrogen and oxygen atoms in total. The maximum atomic E-state index is 11.4. The normalized spacial score (nSPS) is 9.61. The Balaban J connectivity index is 3.42. The summed E-state index contributed by atoms with van der Waals surface area (Å²) >= 11 is 0.954. The molecule has 4 N–H and O–H groups in total. The van der Waals surface area contributed by atoms with Crippen molar-refractivity contribution in [1.29, 1.82) is 0 Å². The first-order valence-corrected chi connectivity index (χ1v) is 5.40. The van der Waals surface area contributed by atoms with Gasteiger partial charge in [0, 0.05) is 0 Å². The van der Waals surface area contributed by atoms with Gasteiger partial charge in [0.25, 0.3) is 0 Å². The van der Waals surface area contributed by atoms with Crippen molar-refractivity contribution >= 4 is 34.9 Å². The topological polar surface area (TPSA) is 127 Å². The number of carbonyl (C=O) groups excluding carboxylic acids is 1. The number of hydrogen-bond acceptors (Lipinski definition) is 6. The minimum absolute atomic E-state index is 0.0278. The van der Waals surface area contributed by atoms with Crippen LogP contribution < -0.4 is 5.73 Å². The number of aliphatic carboxylic acids is 2. The van der Waals surface area contributed by atoms with Gasteiger partial charge in [0.15, 0.2) is 5.57 Å². The first kappa shape index (κ1) is 13.7. The van der Waals surface area contributed by atoms with Gasteiger partial charge in [0.1, 0.15) is 0 Å². The molecule has 0 saturated carbocycles. The standard InChI is InChI=1S/C10H9NO6S/c1-17-10(16)4-2-3-18-7(4)6(11)5(8(12)13)9(14)15/h2-3H,11H2,1H3,(H,12,13)(H,14,15). The number of nitrogens with two attached hydrogens (primary N) is 1. The van der Waals surface area contributed by atoms with Crippen molar-refractivity contribution in [3.05, 3.63) is 27.5 Å². The van der Waals surface area contributed by atoms with Crippen LogP contribution in [-0.2, 0) is 14.3 Å². The molecule has 1 heterocycles. The average Bonchev–Trinajstić information content (AvgIpc) is 2.75. The van der Waals surface area contributed by atoms with Gasteiger partial charge in [-0.2, -0.15) is 0 Å². The summed E-state index contributed by atoms with van der Waals surface area (Å²) in [5.41, 5.74) is 4.06. The highest BCUT2D eigenvalue weighted by Gasteiger charge is 2.25. The van der Waals surface area contributed by atoms with Crippen molar-refractivity contribution in [2.45, 2.75) is 0 Å². The van der Waals surface area contributed by atoms with E-state index in [1.807, 2.05) is 0 Å². The Morgan fingerprint density at radius 3 is 2.28 bits per heavy atom. The first-order chi connectivity index (χ1) is 8.40. The van der Waals surface area contributed by atoms with Crippen LogP contribution in [0.15, 0.2) is 17.0 Å². The molecule has 0 aliphatic carbocycles. The number of carbonyl (C=O) groups is 3. The van der Waals surface area contributed by atoms with E-state index in [9.17, 15) is 14.4 Å². The molecule has 0 aliphatic rings. The van der Waals surface area contributed by atoms with Crippen LogP contribution in [0.2, 0.25) is 0 Å². The fourth-order valence-electron chi connectivity index (χ4n) is 1.22. The average molecular weight is 271 g/mol. The second-order valence-electron chi connectivity index (χ2n) is 3.05. The largest absolute Gasteiger partial charge is 0.477 e. The van der Waals surface area contributed by atoms with Crippen molar-refractivity contribution < 1.29 is 29.3 Å². The summed E-state index contributed by atoms with van der Waals surface area (Å²) in [6.07, 6.45) is 0. The maximum Gasteiger partial charge on any atom is 0.345 e. The Morgan fingerprint density at radius 2 is 1.83 bits per heavy atom. The van der Waals surface area contributed by atoms with Crippen LogP contribution in [0.3, 0.4) is 0 Å². The number of thiophene rings is 1. The molecule has 0 bridgehead atoms. The molecule has 0 spiro atoms. The van der Waals surface area contributed by atoms with Crippen LogP contribution in [0, 0.1) is 0 Å². The lowest BCUT2D eigenvalue weighted by Crippen LogP contribution is -2.18. The van der Waals surface area contributed by atoms with Crippen LogP contribution >= 0.6 is 11.3 Å². The van der Waals surface area contributed by atoms with Crippen molar-refractivity contribution in [2.24, 2.45) is 5.73 Å². The van der Waals surface area contributed by atoms with E-state index in [0.717, 1.165) is 18.4 Å². The molecule has 0 saturated heterocycles. The SMILES string of the molecule is COC(=O)c1ccsc1C(N)=C(C(=O)O)C(=O)O. The third-order valence-electron chi connectivity index (χ3n) is 2.01. The molecule has 1 rings (SSSR count). The van der Waals surface area contributed by atoms with Gasteiger partial charge in [-0.1, -0.05) is 0 Å². The zero-order valence-electron chi connectivity index (χ0n) is 9.17. The van der Waals surface area contributed by atoms with Gasteiger partial charge in [-0.3, -0.25) is 0 Å². The van der Waals surface area contributed by atoms with Crippen molar-refractivity contribution in [3.8, 4) is 0 Å². The summed E-state index contributed by atoms with van der Waals surface area (Å²) in [6, 6.07) is 1.38. The molecule has 18 heavy (non-hydrogen) atoms. The monoisotopic (exact) mass is 271 g/mol. The second-order valence-corrected chi connectivity index (χ2v) is 3.97. The molecule has 0 unspecified atom stereocenters. The molecule has 1 aromatic heterocycles. The minimum Gasteiger partial charge on any atom is -0.477 e. The molecule has 0 atom stereocenters. The summed E-state index contributed by atoms with van der Waals surface area (Å²) in [6.45, 7) is 0. The molecule has 96 valence electrons. The Hall–Kier alpha value is -2.35. The predicted molar refractivity (Wildman–Crippen MR) is 62.0 cm³/mol. The van der Waals surface area contributed by atoms with Gasteiger partial charge in [-0.05, 0) is 11.4 Å². The second kappa shape index (κ2) is 5.32. The molecule has 8 heteroatoms. The fourth-order valence-corrected chi connectivity index (χ4v) is 2.07. The molecule has 0 aromatic carbocycles. The molecular weight excluding hydrogens is 262 g/mol. The third kappa shape index (κ3) is 2.48. The summed E-state index contributed by atoms with van der Waals surface area (Å²) in [5, 5.41) is 19.0. The Bertz CT molecular complexity index is 528. The van der Waals surface area contributed by atoms with Crippen LogP contribution in [0.25, 0.3) is 5.70 Å². The van der Waals surface area contributed by atoms with Crippen LogP contribution in [0.5, 0.6) is 0 Å². The highest BCUT2D eigenvalue weighted by atomic mass is 32.1. The van der Waals surface area contributed by atoms with E-state index in [4.69, 9.17) is 15.9 Å². The Kier molecular flexibility index (Phi) is 4.05. The van der Waals surface area contributed by atoms with Crippen molar-refractivity contribution in [1.82, 2.24) is 0 Å². The van der Waals surface area contributed by atoms with E-state index >= 15 is 0 Å².